The quantitative estimate of drug-likeness (QED) is 0.683. The molecule has 1 fully saturated rings. The predicted molar refractivity (Wildman–Crippen MR) is 59.1 cm³/mol. The highest BCUT2D eigenvalue weighted by Crippen LogP contribution is 2.33. The van der Waals surface area contributed by atoms with E-state index in [4.69, 9.17) is 5.73 Å². The van der Waals surface area contributed by atoms with Crippen molar-refractivity contribution < 1.29 is 0 Å². The average Bonchev–Trinajstić information content (AvgIpc) is 2.58. The van der Waals surface area contributed by atoms with Gasteiger partial charge in [-0.15, -0.1) is 0 Å². The number of nitrogens with two attached hydrogens (primary N) is 1. The van der Waals surface area contributed by atoms with Crippen molar-refractivity contribution in [2.45, 2.75) is 33.2 Å². The molecule has 78 valence electrons. The van der Waals surface area contributed by atoms with Gasteiger partial charge in [-0.3, -0.25) is 4.99 Å². The molecule has 0 aromatic heterocycles. The lowest BCUT2D eigenvalue weighted by Gasteiger charge is -2.28. The van der Waals surface area contributed by atoms with Crippen molar-refractivity contribution >= 4 is 5.84 Å². The molecule has 0 amide bonds. The lowest BCUT2D eigenvalue weighted by Crippen LogP contribution is -2.32. The van der Waals surface area contributed by atoms with Gasteiger partial charge >= 0.3 is 0 Å². The molecule has 2 heterocycles. The molecule has 3 heteroatoms. The van der Waals surface area contributed by atoms with Crippen molar-refractivity contribution in [3.05, 3.63) is 11.3 Å². The number of allylic oxidation sites excluding steroid dienone is 1. The zero-order valence-corrected chi connectivity index (χ0v) is 9.25. The highest BCUT2D eigenvalue weighted by molar-refractivity contribution is 5.83. The maximum atomic E-state index is 5.72. The minimum absolute atomic E-state index is 0.359. The lowest BCUT2D eigenvalue weighted by atomic mass is 10.0. The first kappa shape index (κ1) is 9.71. The summed E-state index contributed by atoms with van der Waals surface area (Å²) in [6.07, 6.45) is 1.14. The van der Waals surface area contributed by atoms with Crippen molar-refractivity contribution in [1.82, 2.24) is 4.90 Å². The van der Waals surface area contributed by atoms with Crippen LogP contribution >= 0.6 is 0 Å². The molecule has 0 saturated carbocycles. The van der Waals surface area contributed by atoms with E-state index in [1.165, 1.54) is 11.3 Å². The van der Waals surface area contributed by atoms with Crippen LogP contribution in [0.5, 0.6) is 0 Å². The lowest BCUT2D eigenvalue weighted by molar-refractivity contribution is 0.492. The first-order valence-corrected chi connectivity index (χ1v) is 5.35. The van der Waals surface area contributed by atoms with Crippen LogP contribution in [0.4, 0.5) is 0 Å². The standard InChI is InChI=1S/C11H19N3/c1-7-8(2)13-9(3)14-6-10(5-12)4-11(7)14/h8,10H,4-6,12H2,1-3H3. The number of amidine groups is 1. The summed E-state index contributed by atoms with van der Waals surface area (Å²) < 4.78 is 0. The molecule has 2 unspecified atom stereocenters. The molecular weight excluding hydrogens is 174 g/mol. The van der Waals surface area contributed by atoms with E-state index in [1.54, 1.807) is 0 Å². The van der Waals surface area contributed by atoms with Gasteiger partial charge in [0.15, 0.2) is 0 Å². The second kappa shape index (κ2) is 3.39. The molecule has 0 aliphatic carbocycles. The predicted octanol–water partition coefficient (Wildman–Crippen LogP) is 1.36. The van der Waals surface area contributed by atoms with E-state index < -0.39 is 0 Å². The third kappa shape index (κ3) is 1.36. The molecule has 2 aliphatic rings. The van der Waals surface area contributed by atoms with Gasteiger partial charge in [-0.2, -0.15) is 0 Å². The summed E-state index contributed by atoms with van der Waals surface area (Å²) in [5.41, 5.74) is 8.62. The smallest absolute Gasteiger partial charge is 0.101 e. The van der Waals surface area contributed by atoms with E-state index in [-0.39, 0.29) is 0 Å². The molecular formula is C11H19N3. The number of nitrogens with zero attached hydrogens (tertiary/aromatic N) is 2. The molecule has 0 bridgehead atoms. The number of rotatable bonds is 1. The van der Waals surface area contributed by atoms with Gasteiger partial charge in [-0.05, 0) is 45.2 Å². The Balaban J connectivity index is 2.30. The second-order valence-electron chi connectivity index (χ2n) is 4.40. The first-order chi connectivity index (χ1) is 6.63. The normalized spacial score (nSPS) is 32.0. The number of aliphatic imine (C=N–C) groups is 1. The van der Waals surface area contributed by atoms with Crippen LogP contribution < -0.4 is 5.73 Å². The van der Waals surface area contributed by atoms with Gasteiger partial charge in [-0.1, -0.05) is 0 Å². The van der Waals surface area contributed by atoms with Crippen LogP contribution in [0, 0.1) is 5.92 Å². The van der Waals surface area contributed by atoms with E-state index in [0.29, 0.717) is 12.0 Å². The van der Waals surface area contributed by atoms with E-state index in [1.807, 2.05) is 0 Å². The van der Waals surface area contributed by atoms with Crippen molar-refractivity contribution in [2.75, 3.05) is 13.1 Å². The molecule has 2 atom stereocenters. The molecule has 14 heavy (non-hydrogen) atoms. The number of fused-ring (bicyclic) bond motifs is 1. The van der Waals surface area contributed by atoms with Gasteiger partial charge in [0.2, 0.25) is 0 Å². The van der Waals surface area contributed by atoms with Crippen LogP contribution in [-0.2, 0) is 0 Å². The molecule has 2 aliphatic heterocycles. The van der Waals surface area contributed by atoms with E-state index in [9.17, 15) is 0 Å². The number of hydrogen-bond acceptors (Lipinski definition) is 3. The van der Waals surface area contributed by atoms with Gasteiger partial charge in [-0.25, -0.2) is 0 Å². The summed E-state index contributed by atoms with van der Waals surface area (Å²) in [5.74, 6) is 1.78. The van der Waals surface area contributed by atoms with Crippen molar-refractivity contribution in [3.63, 3.8) is 0 Å². The van der Waals surface area contributed by atoms with Crippen molar-refractivity contribution in [1.29, 1.82) is 0 Å². The fourth-order valence-corrected chi connectivity index (χ4v) is 2.36. The summed E-state index contributed by atoms with van der Waals surface area (Å²) >= 11 is 0. The van der Waals surface area contributed by atoms with Crippen LogP contribution in [0.25, 0.3) is 0 Å². The van der Waals surface area contributed by atoms with Gasteiger partial charge in [0.25, 0.3) is 0 Å². The fourth-order valence-electron chi connectivity index (χ4n) is 2.36. The maximum absolute atomic E-state index is 5.72. The topological polar surface area (TPSA) is 41.6 Å². The van der Waals surface area contributed by atoms with Gasteiger partial charge in [0, 0.05) is 12.2 Å². The molecule has 1 saturated heterocycles. The summed E-state index contributed by atoms with van der Waals surface area (Å²) in [4.78, 5) is 6.96. The van der Waals surface area contributed by atoms with E-state index in [2.05, 4.69) is 30.7 Å². The third-order valence-electron chi connectivity index (χ3n) is 3.43. The summed E-state index contributed by atoms with van der Waals surface area (Å²) in [5, 5.41) is 0. The van der Waals surface area contributed by atoms with Crippen LogP contribution in [0.2, 0.25) is 0 Å². The molecule has 0 spiro atoms. The van der Waals surface area contributed by atoms with Crippen LogP contribution in [-0.4, -0.2) is 29.9 Å². The Morgan fingerprint density at radius 3 is 2.86 bits per heavy atom. The Morgan fingerprint density at radius 1 is 1.50 bits per heavy atom. The van der Waals surface area contributed by atoms with Gasteiger partial charge in [0.05, 0.1) is 6.04 Å². The summed E-state index contributed by atoms with van der Waals surface area (Å²) in [6, 6.07) is 0.359. The Labute approximate surface area is 85.7 Å². The highest BCUT2D eigenvalue weighted by Gasteiger charge is 2.32. The minimum atomic E-state index is 0.359. The molecule has 0 radical (unpaired) electrons. The van der Waals surface area contributed by atoms with Crippen molar-refractivity contribution in [2.24, 2.45) is 16.6 Å². The maximum Gasteiger partial charge on any atom is 0.101 e. The monoisotopic (exact) mass is 193 g/mol. The first-order valence-electron chi connectivity index (χ1n) is 5.35. The van der Waals surface area contributed by atoms with Crippen molar-refractivity contribution in [3.8, 4) is 0 Å². The molecule has 3 nitrogen and oxygen atoms in total. The fraction of sp³-hybridized carbons (Fsp3) is 0.727. The molecule has 2 N–H and O–H groups in total. The van der Waals surface area contributed by atoms with E-state index in [0.717, 1.165) is 25.3 Å². The summed E-state index contributed by atoms with van der Waals surface area (Å²) in [7, 11) is 0. The summed E-state index contributed by atoms with van der Waals surface area (Å²) in [6.45, 7) is 8.31. The Bertz CT molecular complexity index is 304. The number of hydrogen-bond donors (Lipinski definition) is 1. The molecule has 0 aromatic rings. The van der Waals surface area contributed by atoms with Crippen LogP contribution in [0.3, 0.4) is 0 Å². The Hall–Kier alpha value is -0.830. The SMILES string of the molecule is CC1=NC(C)C(C)=C2CC(CN)CN12. The van der Waals surface area contributed by atoms with Crippen LogP contribution in [0.15, 0.2) is 16.3 Å². The molecule has 2 rings (SSSR count). The largest absolute Gasteiger partial charge is 0.334 e. The average molecular weight is 193 g/mol. The van der Waals surface area contributed by atoms with E-state index >= 15 is 0 Å². The third-order valence-corrected chi connectivity index (χ3v) is 3.43. The minimum Gasteiger partial charge on any atom is -0.334 e. The Morgan fingerprint density at radius 2 is 2.21 bits per heavy atom. The molecule has 0 aromatic carbocycles. The zero-order chi connectivity index (χ0) is 10.3. The zero-order valence-electron chi connectivity index (χ0n) is 9.25. The Kier molecular flexibility index (Phi) is 2.35. The van der Waals surface area contributed by atoms with Crippen LogP contribution in [0.1, 0.15) is 27.2 Å². The second-order valence-corrected chi connectivity index (χ2v) is 4.40. The highest BCUT2D eigenvalue weighted by atomic mass is 15.2. The van der Waals surface area contributed by atoms with Gasteiger partial charge < -0.3 is 10.6 Å². The van der Waals surface area contributed by atoms with Gasteiger partial charge in [0.1, 0.15) is 5.84 Å².